The Labute approximate surface area is 192 Å². The zero-order chi connectivity index (χ0) is 23.5. The van der Waals surface area contributed by atoms with Crippen LogP contribution in [0.1, 0.15) is 55.7 Å². The van der Waals surface area contributed by atoms with Crippen LogP contribution in [0, 0.1) is 32.6 Å². The molecule has 0 aromatic heterocycles. The van der Waals surface area contributed by atoms with Gasteiger partial charge in [-0.05, 0) is 63.5 Å². The van der Waals surface area contributed by atoms with Crippen molar-refractivity contribution in [3.8, 4) is 0 Å². The number of likely N-dealkylation sites (tertiary alicyclic amines) is 2. The first-order chi connectivity index (χ1) is 15.1. The first-order valence-electron chi connectivity index (χ1n) is 11.7. The molecule has 1 aromatic rings. The molecule has 2 fully saturated rings. The number of carbonyl (C=O) groups excluding carboxylic acids is 2. The maximum absolute atomic E-state index is 12.8. The van der Waals surface area contributed by atoms with E-state index in [0.29, 0.717) is 47.9 Å². The largest absolute Gasteiger partial charge is 0.343 e. The second kappa shape index (κ2) is 10.3. The van der Waals surface area contributed by atoms with E-state index in [2.05, 4.69) is 11.6 Å². The first-order valence-corrected chi connectivity index (χ1v) is 13.2. The normalized spacial score (nSPS) is 18.8. The predicted molar refractivity (Wildman–Crippen MR) is 125 cm³/mol. The van der Waals surface area contributed by atoms with Crippen molar-refractivity contribution in [2.45, 2.75) is 64.7 Å². The Morgan fingerprint density at radius 1 is 0.938 bits per heavy atom. The molecule has 2 aliphatic rings. The third kappa shape index (κ3) is 5.90. The van der Waals surface area contributed by atoms with E-state index in [0.717, 1.165) is 31.5 Å². The smallest absolute Gasteiger partial charge is 0.241 e. The van der Waals surface area contributed by atoms with E-state index in [1.54, 1.807) is 18.7 Å². The van der Waals surface area contributed by atoms with Gasteiger partial charge in [0.2, 0.25) is 21.8 Å². The second-order valence-electron chi connectivity index (χ2n) is 9.54. The van der Waals surface area contributed by atoms with Gasteiger partial charge in [0, 0.05) is 45.1 Å². The van der Waals surface area contributed by atoms with Crippen molar-refractivity contribution >= 4 is 21.8 Å². The number of carbonyl (C=O) groups is 2. The van der Waals surface area contributed by atoms with Gasteiger partial charge in [0.25, 0.3) is 0 Å². The van der Waals surface area contributed by atoms with E-state index in [1.165, 1.54) is 0 Å². The van der Waals surface area contributed by atoms with Crippen LogP contribution >= 0.6 is 0 Å². The predicted octanol–water partition coefficient (Wildman–Crippen LogP) is 2.78. The summed E-state index contributed by atoms with van der Waals surface area (Å²) in [6, 6.07) is 3.70. The molecule has 0 aliphatic carbocycles. The molecule has 1 N–H and O–H groups in total. The van der Waals surface area contributed by atoms with E-state index >= 15 is 0 Å². The SMILES string of the molecule is Cc1cc(C)c(S(=O)(=O)NCCC(=O)N2CCC(C(=O)N3CCC(C)CC3)CC2)c(C)c1. The van der Waals surface area contributed by atoms with Crippen molar-refractivity contribution in [1.82, 2.24) is 14.5 Å². The Morgan fingerprint density at radius 3 is 2.03 bits per heavy atom. The number of amides is 2. The van der Waals surface area contributed by atoms with Gasteiger partial charge in [-0.1, -0.05) is 24.6 Å². The van der Waals surface area contributed by atoms with Gasteiger partial charge in [-0.2, -0.15) is 0 Å². The highest BCUT2D eigenvalue weighted by Gasteiger charge is 2.31. The van der Waals surface area contributed by atoms with Crippen molar-refractivity contribution in [1.29, 1.82) is 0 Å². The van der Waals surface area contributed by atoms with E-state index in [1.807, 2.05) is 24.0 Å². The van der Waals surface area contributed by atoms with Crippen LogP contribution in [0.3, 0.4) is 0 Å². The standard InChI is InChI=1S/C24H37N3O4S/c1-17-6-11-27(12-7-17)24(29)21-8-13-26(14-9-21)22(28)5-10-25-32(30,31)23-19(3)15-18(2)16-20(23)4/h15-17,21,25H,5-14H2,1-4H3. The molecule has 8 heteroatoms. The number of benzene rings is 1. The van der Waals surface area contributed by atoms with Crippen LogP contribution < -0.4 is 4.72 Å². The highest BCUT2D eigenvalue weighted by molar-refractivity contribution is 7.89. The molecule has 3 rings (SSSR count). The molecule has 0 spiro atoms. The molecular weight excluding hydrogens is 426 g/mol. The average Bonchev–Trinajstić information content (AvgIpc) is 2.72. The Balaban J connectivity index is 1.46. The summed E-state index contributed by atoms with van der Waals surface area (Å²) in [5, 5.41) is 0. The molecule has 32 heavy (non-hydrogen) atoms. The summed E-state index contributed by atoms with van der Waals surface area (Å²) in [6.07, 6.45) is 3.63. The molecule has 0 atom stereocenters. The second-order valence-corrected chi connectivity index (χ2v) is 11.2. The molecular formula is C24H37N3O4S. The number of nitrogens with zero attached hydrogens (tertiary/aromatic N) is 2. The number of piperidine rings is 2. The van der Waals surface area contributed by atoms with Gasteiger partial charge in [-0.15, -0.1) is 0 Å². The van der Waals surface area contributed by atoms with Crippen molar-refractivity contribution in [3.05, 3.63) is 28.8 Å². The molecule has 0 saturated carbocycles. The van der Waals surface area contributed by atoms with Crippen LogP contribution in [-0.2, 0) is 19.6 Å². The van der Waals surface area contributed by atoms with Crippen molar-refractivity contribution in [2.75, 3.05) is 32.7 Å². The van der Waals surface area contributed by atoms with Gasteiger partial charge in [0.05, 0.1) is 4.90 Å². The molecule has 2 amide bonds. The maximum Gasteiger partial charge on any atom is 0.241 e. The number of nitrogens with one attached hydrogen (secondary N) is 1. The lowest BCUT2D eigenvalue weighted by Crippen LogP contribution is -2.46. The molecule has 1 aromatic carbocycles. The molecule has 0 radical (unpaired) electrons. The summed E-state index contributed by atoms with van der Waals surface area (Å²) in [6.45, 7) is 10.6. The lowest BCUT2D eigenvalue weighted by Gasteiger charge is -2.36. The van der Waals surface area contributed by atoms with Crippen LogP contribution in [0.15, 0.2) is 17.0 Å². The van der Waals surface area contributed by atoms with Crippen LogP contribution in [0.4, 0.5) is 0 Å². The molecule has 0 unspecified atom stereocenters. The fraction of sp³-hybridized carbons (Fsp3) is 0.667. The molecule has 0 bridgehead atoms. The Hall–Kier alpha value is -1.93. The Bertz CT molecular complexity index is 921. The minimum Gasteiger partial charge on any atom is -0.343 e. The summed E-state index contributed by atoms with van der Waals surface area (Å²) < 4.78 is 28.1. The average molecular weight is 464 g/mol. The van der Waals surface area contributed by atoms with E-state index < -0.39 is 10.0 Å². The summed E-state index contributed by atoms with van der Waals surface area (Å²) in [5.74, 6) is 0.858. The van der Waals surface area contributed by atoms with Gasteiger partial charge < -0.3 is 9.80 Å². The molecule has 178 valence electrons. The van der Waals surface area contributed by atoms with Gasteiger partial charge in [0.1, 0.15) is 0 Å². The molecule has 2 saturated heterocycles. The van der Waals surface area contributed by atoms with E-state index in [-0.39, 0.29) is 30.7 Å². The zero-order valence-corrected chi connectivity index (χ0v) is 20.6. The number of hydrogen-bond donors (Lipinski definition) is 1. The van der Waals surface area contributed by atoms with Crippen molar-refractivity contribution in [2.24, 2.45) is 11.8 Å². The van der Waals surface area contributed by atoms with Crippen molar-refractivity contribution < 1.29 is 18.0 Å². The molecule has 2 heterocycles. The fourth-order valence-electron chi connectivity index (χ4n) is 4.98. The van der Waals surface area contributed by atoms with Gasteiger partial charge >= 0.3 is 0 Å². The highest BCUT2D eigenvalue weighted by Crippen LogP contribution is 2.24. The number of sulfonamides is 1. The summed E-state index contributed by atoms with van der Waals surface area (Å²) in [7, 11) is -3.67. The topological polar surface area (TPSA) is 86.8 Å². The summed E-state index contributed by atoms with van der Waals surface area (Å²) >= 11 is 0. The van der Waals surface area contributed by atoms with Crippen LogP contribution in [-0.4, -0.2) is 62.8 Å². The molecule has 7 nitrogen and oxygen atoms in total. The fourth-order valence-corrected chi connectivity index (χ4v) is 6.46. The number of hydrogen-bond acceptors (Lipinski definition) is 4. The number of rotatable bonds is 6. The minimum absolute atomic E-state index is 0.00144. The quantitative estimate of drug-likeness (QED) is 0.703. The lowest BCUT2D eigenvalue weighted by molar-refractivity contribution is -0.141. The summed E-state index contributed by atoms with van der Waals surface area (Å²) in [4.78, 5) is 29.4. The Kier molecular flexibility index (Phi) is 7.98. The highest BCUT2D eigenvalue weighted by atomic mass is 32.2. The lowest BCUT2D eigenvalue weighted by atomic mass is 9.92. The third-order valence-corrected chi connectivity index (χ3v) is 8.56. The Morgan fingerprint density at radius 2 is 1.47 bits per heavy atom. The monoisotopic (exact) mass is 463 g/mol. The van der Waals surface area contributed by atoms with Gasteiger partial charge in [0.15, 0.2) is 0 Å². The minimum atomic E-state index is -3.67. The van der Waals surface area contributed by atoms with E-state index in [9.17, 15) is 18.0 Å². The van der Waals surface area contributed by atoms with Gasteiger partial charge in [-0.25, -0.2) is 13.1 Å². The van der Waals surface area contributed by atoms with Crippen molar-refractivity contribution in [3.63, 3.8) is 0 Å². The number of aryl methyl sites for hydroxylation is 3. The van der Waals surface area contributed by atoms with Gasteiger partial charge in [-0.3, -0.25) is 9.59 Å². The maximum atomic E-state index is 12.8. The third-order valence-electron chi connectivity index (χ3n) is 6.80. The summed E-state index contributed by atoms with van der Waals surface area (Å²) in [5.41, 5.74) is 2.43. The van der Waals surface area contributed by atoms with Crippen LogP contribution in [0.25, 0.3) is 0 Å². The zero-order valence-electron chi connectivity index (χ0n) is 19.8. The molecule has 2 aliphatic heterocycles. The van der Waals surface area contributed by atoms with Crippen LogP contribution in [0.5, 0.6) is 0 Å². The first kappa shape index (κ1) is 24.7. The van der Waals surface area contributed by atoms with E-state index in [4.69, 9.17) is 0 Å². The van der Waals surface area contributed by atoms with Crippen LogP contribution in [0.2, 0.25) is 0 Å².